The zero-order chi connectivity index (χ0) is 15.5. The predicted octanol–water partition coefficient (Wildman–Crippen LogP) is 2.78. The van der Waals surface area contributed by atoms with E-state index in [1.54, 1.807) is 13.4 Å². The van der Waals surface area contributed by atoms with Gasteiger partial charge in [0.15, 0.2) is 5.82 Å². The number of benzene rings is 1. The molecule has 0 unspecified atom stereocenters. The van der Waals surface area contributed by atoms with E-state index in [0.29, 0.717) is 6.54 Å². The fraction of sp³-hybridized carbons (Fsp3) is 0.312. The molecular formula is C16H19N5O. The summed E-state index contributed by atoms with van der Waals surface area (Å²) in [5.41, 5.74) is 3.89. The molecule has 0 bridgehead atoms. The van der Waals surface area contributed by atoms with Crippen molar-refractivity contribution in [3.8, 4) is 5.75 Å². The third-order valence-electron chi connectivity index (χ3n) is 3.59. The van der Waals surface area contributed by atoms with Gasteiger partial charge < -0.3 is 10.1 Å². The van der Waals surface area contributed by atoms with Crippen LogP contribution in [0.3, 0.4) is 0 Å². The number of nitrogens with zero attached hydrogens (tertiary/aromatic N) is 4. The van der Waals surface area contributed by atoms with Crippen LogP contribution in [0, 0.1) is 6.92 Å². The Morgan fingerprint density at radius 1 is 1.27 bits per heavy atom. The summed E-state index contributed by atoms with van der Waals surface area (Å²) in [6.45, 7) is 5.47. The van der Waals surface area contributed by atoms with Gasteiger partial charge in [0.05, 0.1) is 12.8 Å². The van der Waals surface area contributed by atoms with E-state index in [-0.39, 0.29) is 0 Å². The number of methoxy groups -OCH3 is 1. The van der Waals surface area contributed by atoms with Crippen molar-refractivity contribution in [2.45, 2.75) is 26.9 Å². The van der Waals surface area contributed by atoms with E-state index in [0.717, 1.165) is 40.4 Å². The first kappa shape index (κ1) is 14.3. The Labute approximate surface area is 129 Å². The minimum Gasteiger partial charge on any atom is -0.497 e. The van der Waals surface area contributed by atoms with Gasteiger partial charge in [-0.25, -0.2) is 9.97 Å². The average Bonchev–Trinajstić information content (AvgIpc) is 2.90. The second-order valence-corrected chi connectivity index (χ2v) is 5.03. The smallest absolute Gasteiger partial charge is 0.155 e. The minimum atomic E-state index is 0.664. The predicted molar refractivity (Wildman–Crippen MR) is 86.1 cm³/mol. The van der Waals surface area contributed by atoms with Gasteiger partial charge in [-0.1, -0.05) is 12.1 Å². The van der Waals surface area contributed by atoms with Crippen LogP contribution in [0.25, 0.3) is 11.0 Å². The summed E-state index contributed by atoms with van der Waals surface area (Å²) in [5, 5.41) is 7.88. The molecule has 22 heavy (non-hydrogen) atoms. The maximum absolute atomic E-state index is 5.25. The Morgan fingerprint density at radius 2 is 2.14 bits per heavy atom. The molecule has 2 heterocycles. The van der Waals surface area contributed by atoms with Gasteiger partial charge in [-0.15, -0.1) is 0 Å². The first-order valence-electron chi connectivity index (χ1n) is 7.28. The van der Waals surface area contributed by atoms with Crippen molar-refractivity contribution < 1.29 is 4.74 Å². The number of aromatic nitrogens is 4. The van der Waals surface area contributed by atoms with Gasteiger partial charge >= 0.3 is 0 Å². The molecule has 2 aromatic heterocycles. The number of rotatable bonds is 5. The van der Waals surface area contributed by atoms with E-state index in [1.165, 1.54) is 0 Å². The number of aryl methyl sites for hydroxylation is 2. The quantitative estimate of drug-likeness (QED) is 0.784. The molecule has 0 saturated carbocycles. The van der Waals surface area contributed by atoms with Crippen LogP contribution in [0.5, 0.6) is 5.75 Å². The first-order valence-corrected chi connectivity index (χ1v) is 7.28. The van der Waals surface area contributed by atoms with E-state index in [9.17, 15) is 0 Å². The maximum Gasteiger partial charge on any atom is 0.155 e. The Bertz CT molecular complexity index is 796. The number of anilines is 1. The first-order chi connectivity index (χ1) is 10.7. The molecule has 0 atom stereocenters. The molecule has 1 N–H and O–H groups in total. The van der Waals surface area contributed by atoms with Crippen molar-refractivity contribution in [3.05, 3.63) is 41.9 Å². The lowest BCUT2D eigenvalue weighted by Gasteiger charge is -2.09. The molecule has 6 heteroatoms. The highest BCUT2D eigenvalue weighted by molar-refractivity contribution is 5.87. The topological polar surface area (TPSA) is 64.9 Å². The highest BCUT2D eigenvalue weighted by Crippen LogP contribution is 2.22. The molecule has 0 amide bonds. The highest BCUT2D eigenvalue weighted by Gasteiger charge is 2.12. The normalized spacial score (nSPS) is 10.9. The van der Waals surface area contributed by atoms with Crippen molar-refractivity contribution >= 4 is 16.9 Å². The second kappa shape index (κ2) is 6.01. The monoisotopic (exact) mass is 297 g/mol. The summed E-state index contributed by atoms with van der Waals surface area (Å²) in [4.78, 5) is 8.71. The minimum absolute atomic E-state index is 0.664. The van der Waals surface area contributed by atoms with Crippen LogP contribution in [-0.2, 0) is 13.1 Å². The molecule has 0 saturated heterocycles. The summed E-state index contributed by atoms with van der Waals surface area (Å²) in [6.07, 6.45) is 1.57. The Morgan fingerprint density at radius 3 is 2.91 bits per heavy atom. The zero-order valence-corrected chi connectivity index (χ0v) is 13.0. The summed E-state index contributed by atoms with van der Waals surface area (Å²) < 4.78 is 7.18. The second-order valence-electron chi connectivity index (χ2n) is 5.03. The van der Waals surface area contributed by atoms with Crippen LogP contribution in [0.1, 0.15) is 18.2 Å². The molecule has 0 radical (unpaired) electrons. The van der Waals surface area contributed by atoms with Crippen LogP contribution in [0.15, 0.2) is 30.6 Å². The van der Waals surface area contributed by atoms with Crippen molar-refractivity contribution in [1.82, 2.24) is 19.7 Å². The summed E-state index contributed by atoms with van der Waals surface area (Å²) in [7, 11) is 1.67. The van der Waals surface area contributed by atoms with Gasteiger partial charge in [-0.3, -0.25) is 4.68 Å². The molecule has 0 fully saturated rings. The molecule has 114 valence electrons. The number of fused-ring (bicyclic) bond motifs is 1. The molecular weight excluding hydrogens is 278 g/mol. The van der Waals surface area contributed by atoms with E-state index in [2.05, 4.69) is 33.4 Å². The lowest BCUT2D eigenvalue weighted by Crippen LogP contribution is -2.05. The molecule has 0 aliphatic heterocycles. The molecule has 0 aliphatic rings. The molecule has 0 aliphatic carbocycles. The fourth-order valence-corrected chi connectivity index (χ4v) is 2.49. The Balaban J connectivity index is 1.90. The van der Waals surface area contributed by atoms with Crippen LogP contribution >= 0.6 is 0 Å². The largest absolute Gasteiger partial charge is 0.497 e. The van der Waals surface area contributed by atoms with Crippen LogP contribution in [0.4, 0.5) is 5.82 Å². The van der Waals surface area contributed by atoms with Gasteiger partial charge in [0.2, 0.25) is 0 Å². The van der Waals surface area contributed by atoms with Gasteiger partial charge in [-0.2, -0.15) is 5.10 Å². The van der Waals surface area contributed by atoms with Gasteiger partial charge in [0.25, 0.3) is 0 Å². The molecule has 0 spiro atoms. The van der Waals surface area contributed by atoms with Gasteiger partial charge in [0, 0.05) is 13.1 Å². The number of hydrogen-bond donors (Lipinski definition) is 1. The van der Waals surface area contributed by atoms with E-state index < -0.39 is 0 Å². The molecule has 1 aromatic carbocycles. The fourth-order valence-electron chi connectivity index (χ4n) is 2.49. The van der Waals surface area contributed by atoms with E-state index in [4.69, 9.17) is 4.74 Å². The summed E-state index contributed by atoms with van der Waals surface area (Å²) in [6, 6.07) is 7.97. The highest BCUT2D eigenvalue weighted by atomic mass is 16.5. The van der Waals surface area contributed by atoms with Crippen LogP contribution in [-0.4, -0.2) is 26.9 Å². The van der Waals surface area contributed by atoms with E-state index in [1.807, 2.05) is 29.8 Å². The number of hydrogen-bond acceptors (Lipinski definition) is 5. The number of nitrogens with one attached hydrogen (secondary N) is 1. The van der Waals surface area contributed by atoms with Crippen LogP contribution in [0.2, 0.25) is 0 Å². The third kappa shape index (κ3) is 2.59. The molecule has 6 nitrogen and oxygen atoms in total. The van der Waals surface area contributed by atoms with Crippen LogP contribution < -0.4 is 10.1 Å². The van der Waals surface area contributed by atoms with E-state index >= 15 is 0 Å². The molecule has 3 aromatic rings. The Kier molecular flexibility index (Phi) is 3.91. The lowest BCUT2D eigenvalue weighted by molar-refractivity contribution is 0.414. The van der Waals surface area contributed by atoms with Gasteiger partial charge in [0.1, 0.15) is 23.1 Å². The summed E-state index contributed by atoms with van der Waals surface area (Å²) in [5.74, 6) is 1.65. The number of ether oxygens (including phenoxy) is 1. The van der Waals surface area contributed by atoms with Crippen molar-refractivity contribution in [3.63, 3.8) is 0 Å². The van der Waals surface area contributed by atoms with Gasteiger partial charge in [-0.05, 0) is 31.5 Å². The van der Waals surface area contributed by atoms with Crippen molar-refractivity contribution in [2.24, 2.45) is 0 Å². The third-order valence-corrected chi connectivity index (χ3v) is 3.59. The zero-order valence-electron chi connectivity index (χ0n) is 13.0. The lowest BCUT2D eigenvalue weighted by atomic mass is 10.2. The summed E-state index contributed by atoms with van der Waals surface area (Å²) >= 11 is 0. The standard InChI is InChI=1S/C16H19N5O/c1-4-21-15-14(11(2)20-21)18-10-19-16(15)17-9-12-6-5-7-13(8-12)22-3/h5-8,10H,4,9H2,1-3H3,(H,17,18,19). The maximum atomic E-state index is 5.25. The Hall–Kier alpha value is -2.63. The molecule has 3 rings (SSSR count). The van der Waals surface area contributed by atoms with Crippen molar-refractivity contribution in [2.75, 3.05) is 12.4 Å². The SMILES string of the molecule is CCn1nc(C)c2ncnc(NCc3cccc(OC)c3)c21. The van der Waals surface area contributed by atoms with Crippen molar-refractivity contribution in [1.29, 1.82) is 0 Å². The average molecular weight is 297 g/mol.